The van der Waals surface area contributed by atoms with Crippen molar-refractivity contribution in [3.63, 3.8) is 0 Å². The van der Waals surface area contributed by atoms with Crippen LogP contribution in [-0.4, -0.2) is 73.1 Å². The van der Waals surface area contributed by atoms with Crippen LogP contribution in [0.25, 0.3) is 10.9 Å². The zero-order chi connectivity index (χ0) is 19.2. The molecule has 27 heavy (non-hydrogen) atoms. The van der Waals surface area contributed by atoms with E-state index in [1.165, 1.54) is 22.7 Å². The lowest BCUT2D eigenvalue weighted by Crippen LogP contribution is -2.53. The molecule has 2 aliphatic rings. The Labute approximate surface area is 159 Å². The van der Waals surface area contributed by atoms with E-state index in [2.05, 4.69) is 0 Å². The van der Waals surface area contributed by atoms with Gasteiger partial charge in [-0.25, -0.2) is 0 Å². The molecule has 1 aromatic heterocycles. The van der Waals surface area contributed by atoms with Gasteiger partial charge in [0.05, 0.1) is 11.1 Å². The molecule has 1 fully saturated rings. The highest BCUT2D eigenvalue weighted by molar-refractivity contribution is 7.86. The molecule has 8 heteroatoms. The maximum absolute atomic E-state index is 13.4. The fourth-order valence-corrected chi connectivity index (χ4v) is 5.05. The van der Waals surface area contributed by atoms with Crippen LogP contribution < -0.4 is 0 Å². The summed E-state index contributed by atoms with van der Waals surface area (Å²) in [7, 11) is -0.385. The van der Waals surface area contributed by atoms with Crippen molar-refractivity contribution in [2.75, 3.05) is 40.3 Å². The molecular formula is C19H24N4O3S. The van der Waals surface area contributed by atoms with Crippen LogP contribution in [0.5, 0.6) is 0 Å². The molecule has 2 aromatic rings. The second kappa shape index (κ2) is 6.85. The van der Waals surface area contributed by atoms with E-state index in [9.17, 15) is 13.2 Å². The average molecular weight is 388 g/mol. The minimum atomic E-state index is -3.44. The van der Waals surface area contributed by atoms with Crippen molar-refractivity contribution in [1.29, 1.82) is 0 Å². The molecule has 0 bridgehead atoms. The Morgan fingerprint density at radius 1 is 1.07 bits per heavy atom. The highest BCUT2D eigenvalue weighted by Crippen LogP contribution is 2.31. The molecule has 0 atom stereocenters. The van der Waals surface area contributed by atoms with Gasteiger partial charge < -0.3 is 4.90 Å². The van der Waals surface area contributed by atoms with Crippen molar-refractivity contribution < 1.29 is 13.2 Å². The summed E-state index contributed by atoms with van der Waals surface area (Å²) in [6, 6.07) is 7.78. The summed E-state index contributed by atoms with van der Waals surface area (Å²) in [5.74, 6) is -0.00588. The average Bonchev–Trinajstić information content (AvgIpc) is 3.13. The number of nitrogens with zero attached hydrogens (tertiary/aromatic N) is 4. The van der Waals surface area contributed by atoms with E-state index in [0.29, 0.717) is 26.2 Å². The quantitative estimate of drug-likeness (QED) is 0.794. The lowest BCUT2D eigenvalue weighted by molar-refractivity contribution is 0.0696. The second-order valence-electron chi connectivity index (χ2n) is 7.26. The topological polar surface area (TPSA) is 73.8 Å². The molecule has 144 valence electrons. The predicted octanol–water partition coefficient (Wildman–Crippen LogP) is 1.29. The number of hydrogen-bond acceptors (Lipinski definition) is 4. The maximum atomic E-state index is 13.4. The monoisotopic (exact) mass is 388 g/mol. The zero-order valence-electron chi connectivity index (χ0n) is 15.7. The number of piperazine rings is 1. The number of benzene rings is 1. The van der Waals surface area contributed by atoms with Gasteiger partial charge in [0, 0.05) is 51.4 Å². The van der Waals surface area contributed by atoms with Crippen molar-refractivity contribution in [2.24, 2.45) is 0 Å². The first-order valence-corrected chi connectivity index (χ1v) is 10.7. The van der Waals surface area contributed by atoms with E-state index in [-0.39, 0.29) is 5.91 Å². The highest BCUT2D eigenvalue weighted by Gasteiger charge is 2.32. The summed E-state index contributed by atoms with van der Waals surface area (Å²) in [6.45, 7) is 1.43. The number of fused-ring (bicyclic) bond motifs is 2. The third-order valence-corrected chi connectivity index (χ3v) is 7.39. The lowest BCUT2D eigenvalue weighted by atomic mass is 10.00. The number of hydrogen-bond donors (Lipinski definition) is 0. The fourth-order valence-electron chi connectivity index (χ4n) is 3.97. The second-order valence-corrected chi connectivity index (χ2v) is 9.41. The van der Waals surface area contributed by atoms with Gasteiger partial charge in [-0.3, -0.25) is 9.78 Å². The third-order valence-electron chi connectivity index (χ3n) is 5.45. The summed E-state index contributed by atoms with van der Waals surface area (Å²) in [5.41, 5.74) is 3.72. The molecule has 1 aromatic carbocycles. The van der Waals surface area contributed by atoms with Gasteiger partial charge in [0.2, 0.25) is 0 Å². The number of amides is 1. The molecule has 2 heterocycles. The van der Waals surface area contributed by atoms with E-state index in [4.69, 9.17) is 4.98 Å². The standard InChI is InChI=1S/C19H24N4O3S/c1-21(2)27(25,26)23-12-10-22(11-13-23)19(24)18-14-6-3-4-8-16(14)20-17-9-5-7-15(17)18/h3-4,6,8H,5,7,9-13H2,1-2H3. The predicted molar refractivity (Wildman–Crippen MR) is 104 cm³/mol. The van der Waals surface area contributed by atoms with Crippen LogP contribution in [0.2, 0.25) is 0 Å². The number of pyridine rings is 1. The van der Waals surface area contributed by atoms with Crippen molar-refractivity contribution in [2.45, 2.75) is 19.3 Å². The fraction of sp³-hybridized carbons (Fsp3) is 0.474. The summed E-state index contributed by atoms with van der Waals surface area (Å²) in [6.07, 6.45) is 2.81. The first kappa shape index (κ1) is 18.3. The molecular weight excluding hydrogens is 364 g/mol. The molecule has 1 aliphatic carbocycles. The van der Waals surface area contributed by atoms with Gasteiger partial charge in [-0.15, -0.1) is 0 Å². The molecule has 1 saturated heterocycles. The molecule has 0 saturated carbocycles. The van der Waals surface area contributed by atoms with Gasteiger partial charge in [-0.2, -0.15) is 17.0 Å². The Bertz CT molecular complexity index is 995. The SMILES string of the molecule is CN(C)S(=O)(=O)N1CCN(C(=O)c2c3c(nc4ccccc24)CCC3)CC1. The highest BCUT2D eigenvalue weighted by atomic mass is 32.2. The van der Waals surface area contributed by atoms with Crippen LogP contribution >= 0.6 is 0 Å². The minimum Gasteiger partial charge on any atom is -0.336 e. The molecule has 0 spiro atoms. The van der Waals surface area contributed by atoms with Gasteiger partial charge in [0.15, 0.2) is 0 Å². The number of carbonyl (C=O) groups excluding carboxylic acids is 1. The first-order chi connectivity index (χ1) is 12.9. The normalized spacial score (nSPS) is 18.3. The maximum Gasteiger partial charge on any atom is 0.281 e. The van der Waals surface area contributed by atoms with E-state index in [1.54, 1.807) is 4.90 Å². The van der Waals surface area contributed by atoms with Crippen LogP contribution in [0.15, 0.2) is 24.3 Å². The molecule has 0 unspecified atom stereocenters. The Hall–Kier alpha value is -2.03. The van der Waals surface area contributed by atoms with E-state index < -0.39 is 10.2 Å². The summed E-state index contributed by atoms with van der Waals surface area (Å²) in [4.78, 5) is 19.9. The Morgan fingerprint density at radius 3 is 2.48 bits per heavy atom. The smallest absolute Gasteiger partial charge is 0.281 e. The van der Waals surface area contributed by atoms with Gasteiger partial charge in [-0.1, -0.05) is 18.2 Å². The summed E-state index contributed by atoms with van der Waals surface area (Å²) in [5, 5.41) is 0.895. The van der Waals surface area contributed by atoms with Crippen LogP contribution in [-0.2, 0) is 23.1 Å². The number of rotatable bonds is 3. The van der Waals surface area contributed by atoms with Crippen molar-refractivity contribution in [3.05, 3.63) is 41.1 Å². The van der Waals surface area contributed by atoms with E-state index in [0.717, 1.165) is 47.0 Å². The van der Waals surface area contributed by atoms with E-state index >= 15 is 0 Å². The molecule has 0 N–H and O–H groups in total. The van der Waals surface area contributed by atoms with Crippen LogP contribution in [0.4, 0.5) is 0 Å². The van der Waals surface area contributed by atoms with Gasteiger partial charge >= 0.3 is 0 Å². The number of aromatic nitrogens is 1. The number of carbonyl (C=O) groups is 1. The molecule has 4 rings (SSSR count). The third kappa shape index (κ3) is 3.11. The van der Waals surface area contributed by atoms with Crippen molar-refractivity contribution >= 4 is 27.0 Å². The van der Waals surface area contributed by atoms with Gasteiger partial charge in [0.25, 0.3) is 16.1 Å². The van der Waals surface area contributed by atoms with Crippen molar-refractivity contribution in [1.82, 2.24) is 18.5 Å². The number of para-hydroxylation sites is 1. The zero-order valence-corrected chi connectivity index (χ0v) is 16.5. The van der Waals surface area contributed by atoms with E-state index in [1.807, 2.05) is 24.3 Å². The Kier molecular flexibility index (Phi) is 4.65. The largest absolute Gasteiger partial charge is 0.336 e. The Balaban J connectivity index is 1.64. The van der Waals surface area contributed by atoms with Crippen LogP contribution in [0.3, 0.4) is 0 Å². The molecule has 0 radical (unpaired) electrons. The summed E-state index contributed by atoms with van der Waals surface area (Å²) >= 11 is 0. The van der Waals surface area contributed by atoms with Crippen LogP contribution in [0.1, 0.15) is 28.0 Å². The molecule has 1 amide bonds. The first-order valence-electron chi connectivity index (χ1n) is 9.27. The van der Waals surface area contributed by atoms with Gasteiger partial charge in [-0.05, 0) is 30.9 Å². The van der Waals surface area contributed by atoms with Crippen LogP contribution in [0, 0.1) is 0 Å². The minimum absolute atomic E-state index is 0.00588. The number of aryl methyl sites for hydroxylation is 1. The van der Waals surface area contributed by atoms with Crippen molar-refractivity contribution in [3.8, 4) is 0 Å². The lowest BCUT2D eigenvalue weighted by Gasteiger charge is -2.35. The summed E-state index contributed by atoms with van der Waals surface area (Å²) < 4.78 is 27.3. The van der Waals surface area contributed by atoms with Gasteiger partial charge in [0.1, 0.15) is 0 Å². The molecule has 7 nitrogen and oxygen atoms in total. The molecule has 1 aliphatic heterocycles. The Morgan fingerprint density at radius 2 is 1.78 bits per heavy atom.